The molecule has 0 aliphatic rings. The molecule has 15 heavy (non-hydrogen) atoms. The summed E-state index contributed by atoms with van der Waals surface area (Å²) >= 11 is 0. The van der Waals surface area contributed by atoms with Gasteiger partial charge < -0.3 is 5.73 Å². The molecule has 2 N–H and O–H groups in total. The summed E-state index contributed by atoms with van der Waals surface area (Å²) < 4.78 is 1.81. The van der Waals surface area contributed by atoms with E-state index in [1.807, 2.05) is 42.1 Å². The molecule has 1 aromatic heterocycles. The van der Waals surface area contributed by atoms with E-state index in [1.54, 1.807) is 6.20 Å². The standard InChI is InChI=1S/C10H11N3.2ClH/c1-8-3-4-9(11)7-10(8)13-6-2-5-12-13;;/h2-7H,11H2,1H3;2*1H. The fraction of sp³-hybridized carbons (Fsp3) is 0.100. The summed E-state index contributed by atoms with van der Waals surface area (Å²) in [5.74, 6) is 0. The van der Waals surface area contributed by atoms with Crippen molar-refractivity contribution >= 4 is 30.5 Å². The lowest BCUT2D eigenvalue weighted by Crippen LogP contribution is -1.98. The fourth-order valence-electron chi connectivity index (χ4n) is 1.28. The second-order valence-electron chi connectivity index (χ2n) is 3.00. The molecule has 2 aromatic rings. The third-order valence-corrected chi connectivity index (χ3v) is 1.98. The van der Waals surface area contributed by atoms with Crippen molar-refractivity contribution in [1.82, 2.24) is 9.78 Å². The number of nitrogens with two attached hydrogens (primary N) is 1. The molecule has 82 valence electrons. The summed E-state index contributed by atoms with van der Waals surface area (Å²) in [6.07, 6.45) is 3.66. The van der Waals surface area contributed by atoms with Crippen molar-refractivity contribution < 1.29 is 0 Å². The molecule has 0 unspecified atom stereocenters. The second kappa shape index (κ2) is 5.63. The Kier molecular flexibility index (Phi) is 5.19. The molecule has 0 amide bonds. The van der Waals surface area contributed by atoms with Crippen LogP contribution in [0.1, 0.15) is 5.56 Å². The number of rotatable bonds is 1. The first-order chi connectivity index (χ1) is 6.27. The van der Waals surface area contributed by atoms with E-state index in [9.17, 15) is 0 Å². The first-order valence-corrected chi connectivity index (χ1v) is 4.13. The Labute approximate surface area is 101 Å². The lowest BCUT2D eigenvalue weighted by Gasteiger charge is -2.06. The molecule has 3 nitrogen and oxygen atoms in total. The van der Waals surface area contributed by atoms with E-state index in [0.717, 1.165) is 16.9 Å². The van der Waals surface area contributed by atoms with Gasteiger partial charge in [0.05, 0.1) is 5.69 Å². The van der Waals surface area contributed by atoms with Crippen molar-refractivity contribution in [3.63, 3.8) is 0 Å². The molecule has 0 spiro atoms. The summed E-state index contributed by atoms with van der Waals surface area (Å²) in [7, 11) is 0. The average molecular weight is 246 g/mol. The smallest absolute Gasteiger partial charge is 0.0695 e. The Morgan fingerprint density at radius 3 is 2.60 bits per heavy atom. The minimum Gasteiger partial charge on any atom is -0.399 e. The summed E-state index contributed by atoms with van der Waals surface area (Å²) in [4.78, 5) is 0. The van der Waals surface area contributed by atoms with Gasteiger partial charge in [-0.15, -0.1) is 24.8 Å². The first-order valence-electron chi connectivity index (χ1n) is 4.13. The molecule has 0 saturated heterocycles. The van der Waals surface area contributed by atoms with Gasteiger partial charge in [-0.05, 0) is 30.7 Å². The predicted octanol–water partition coefficient (Wildman–Crippen LogP) is 2.61. The van der Waals surface area contributed by atoms with Gasteiger partial charge in [-0.3, -0.25) is 0 Å². The van der Waals surface area contributed by atoms with E-state index < -0.39 is 0 Å². The van der Waals surface area contributed by atoms with Gasteiger partial charge in [0, 0.05) is 18.1 Å². The molecular weight excluding hydrogens is 233 g/mol. The van der Waals surface area contributed by atoms with Crippen LogP contribution in [-0.2, 0) is 0 Å². The Bertz CT molecular complexity index is 413. The van der Waals surface area contributed by atoms with Gasteiger partial charge >= 0.3 is 0 Å². The lowest BCUT2D eigenvalue weighted by molar-refractivity contribution is 0.873. The van der Waals surface area contributed by atoms with Crippen molar-refractivity contribution in [1.29, 1.82) is 0 Å². The number of anilines is 1. The Morgan fingerprint density at radius 1 is 1.27 bits per heavy atom. The zero-order chi connectivity index (χ0) is 9.26. The largest absolute Gasteiger partial charge is 0.399 e. The molecular formula is C10H13Cl2N3. The second-order valence-corrected chi connectivity index (χ2v) is 3.00. The molecule has 0 saturated carbocycles. The molecule has 0 atom stereocenters. The number of aryl methyl sites for hydroxylation is 1. The van der Waals surface area contributed by atoms with Crippen molar-refractivity contribution in [2.45, 2.75) is 6.92 Å². The van der Waals surface area contributed by atoms with Crippen LogP contribution >= 0.6 is 24.8 Å². The topological polar surface area (TPSA) is 43.8 Å². The summed E-state index contributed by atoms with van der Waals surface area (Å²) in [6, 6.07) is 7.69. The van der Waals surface area contributed by atoms with E-state index in [1.165, 1.54) is 0 Å². The predicted molar refractivity (Wildman–Crippen MR) is 67.2 cm³/mol. The van der Waals surface area contributed by atoms with Gasteiger partial charge in [0.1, 0.15) is 0 Å². The number of nitrogens with zero attached hydrogens (tertiary/aromatic N) is 2. The van der Waals surface area contributed by atoms with Crippen LogP contribution in [0.4, 0.5) is 5.69 Å². The highest BCUT2D eigenvalue weighted by molar-refractivity contribution is 5.85. The highest BCUT2D eigenvalue weighted by atomic mass is 35.5. The summed E-state index contributed by atoms with van der Waals surface area (Å²) in [6.45, 7) is 2.04. The maximum atomic E-state index is 5.69. The highest BCUT2D eigenvalue weighted by Crippen LogP contribution is 2.15. The van der Waals surface area contributed by atoms with E-state index in [2.05, 4.69) is 5.10 Å². The number of benzene rings is 1. The Morgan fingerprint density at radius 2 is 2.00 bits per heavy atom. The van der Waals surface area contributed by atoms with Gasteiger partial charge in [-0.2, -0.15) is 5.10 Å². The van der Waals surface area contributed by atoms with Gasteiger partial charge in [-0.25, -0.2) is 4.68 Å². The molecule has 0 bridgehead atoms. The number of nitrogen functional groups attached to an aromatic ring is 1. The molecule has 0 radical (unpaired) electrons. The molecule has 0 fully saturated rings. The van der Waals surface area contributed by atoms with Crippen LogP contribution in [0.5, 0.6) is 0 Å². The summed E-state index contributed by atoms with van der Waals surface area (Å²) in [5, 5.41) is 4.15. The number of hydrogen-bond donors (Lipinski definition) is 1. The van der Waals surface area contributed by atoms with Crippen LogP contribution in [0.2, 0.25) is 0 Å². The van der Waals surface area contributed by atoms with Gasteiger partial charge in [0.15, 0.2) is 0 Å². The summed E-state index contributed by atoms with van der Waals surface area (Å²) in [5.41, 5.74) is 8.65. The first kappa shape index (κ1) is 13.8. The monoisotopic (exact) mass is 245 g/mol. The minimum atomic E-state index is 0. The van der Waals surface area contributed by atoms with Crippen molar-refractivity contribution in [3.05, 3.63) is 42.2 Å². The molecule has 0 aliphatic carbocycles. The zero-order valence-electron chi connectivity index (χ0n) is 8.25. The van der Waals surface area contributed by atoms with Crippen LogP contribution in [0, 0.1) is 6.92 Å². The van der Waals surface area contributed by atoms with Crippen molar-refractivity contribution in [3.8, 4) is 5.69 Å². The fourth-order valence-corrected chi connectivity index (χ4v) is 1.28. The maximum absolute atomic E-state index is 5.69. The van der Waals surface area contributed by atoms with Crippen LogP contribution in [-0.4, -0.2) is 9.78 Å². The van der Waals surface area contributed by atoms with Gasteiger partial charge in [-0.1, -0.05) is 6.07 Å². The van der Waals surface area contributed by atoms with Crippen LogP contribution < -0.4 is 5.73 Å². The van der Waals surface area contributed by atoms with Crippen molar-refractivity contribution in [2.75, 3.05) is 5.73 Å². The van der Waals surface area contributed by atoms with E-state index in [0.29, 0.717) is 0 Å². The van der Waals surface area contributed by atoms with Crippen LogP contribution in [0.15, 0.2) is 36.7 Å². The highest BCUT2D eigenvalue weighted by Gasteiger charge is 2.00. The molecule has 1 heterocycles. The van der Waals surface area contributed by atoms with E-state index in [-0.39, 0.29) is 24.8 Å². The zero-order valence-corrected chi connectivity index (χ0v) is 9.89. The number of aromatic nitrogens is 2. The number of hydrogen-bond acceptors (Lipinski definition) is 2. The van der Waals surface area contributed by atoms with Gasteiger partial charge in [0.25, 0.3) is 0 Å². The quantitative estimate of drug-likeness (QED) is 0.786. The van der Waals surface area contributed by atoms with Crippen LogP contribution in [0.3, 0.4) is 0 Å². The van der Waals surface area contributed by atoms with E-state index >= 15 is 0 Å². The SMILES string of the molecule is Cc1ccc(N)cc1-n1cccn1.Cl.Cl. The third kappa shape index (κ3) is 2.88. The maximum Gasteiger partial charge on any atom is 0.0695 e. The Balaban J connectivity index is 0.000000980. The molecule has 0 aliphatic heterocycles. The average Bonchev–Trinajstić information content (AvgIpc) is 2.61. The molecule has 1 aromatic carbocycles. The molecule has 2 rings (SSSR count). The normalized spacial score (nSPS) is 8.87. The molecule has 5 heteroatoms. The van der Waals surface area contributed by atoms with Crippen LogP contribution in [0.25, 0.3) is 5.69 Å². The number of halogens is 2. The third-order valence-electron chi connectivity index (χ3n) is 1.98. The lowest BCUT2D eigenvalue weighted by atomic mass is 10.2. The van der Waals surface area contributed by atoms with E-state index in [4.69, 9.17) is 5.73 Å². The van der Waals surface area contributed by atoms with Crippen molar-refractivity contribution in [2.24, 2.45) is 0 Å². The Hall–Kier alpha value is -1.19. The minimum absolute atomic E-state index is 0. The van der Waals surface area contributed by atoms with Gasteiger partial charge in [0.2, 0.25) is 0 Å².